The summed E-state index contributed by atoms with van der Waals surface area (Å²) in [6, 6.07) is 8.45. The topological polar surface area (TPSA) is 66.4 Å². The average molecular weight is 207 g/mol. The summed E-state index contributed by atoms with van der Waals surface area (Å²) < 4.78 is 0. The van der Waals surface area contributed by atoms with Crippen molar-refractivity contribution in [2.75, 3.05) is 0 Å². The molecule has 0 aliphatic carbocycles. The van der Waals surface area contributed by atoms with Crippen molar-refractivity contribution in [3.05, 3.63) is 35.9 Å². The van der Waals surface area contributed by atoms with Crippen LogP contribution in [0.25, 0.3) is 0 Å². The second-order valence-electron chi connectivity index (χ2n) is 3.30. The number of aliphatic hydroxyl groups is 1. The first-order chi connectivity index (χ1) is 7.09. The van der Waals surface area contributed by atoms with E-state index in [2.05, 4.69) is 5.32 Å². The third-order valence-electron chi connectivity index (χ3n) is 1.77. The van der Waals surface area contributed by atoms with Gasteiger partial charge in [0.1, 0.15) is 0 Å². The van der Waals surface area contributed by atoms with E-state index in [1.807, 2.05) is 0 Å². The lowest BCUT2D eigenvalue weighted by Crippen LogP contribution is -2.32. The van der Waals surface area contributed by atoms with Crippen molar-refractivity contribution in [3.63, 3.8) is 0 Å². The molecule has 0 spiro atoms. The molecule has 0 aromatic heterocycles. The van der Waals surface area contributed by atoms with Crippen molar-refractivity contribution in [2.45, 2.75) is 19.4 Å². The predicted molar refractivity (Wildman–Crippen MR) is 55.2 cm³/mol. The van der Waals surface area contributed by atoms with Crippen LogP contribution >= 0.6 is 0 Å². The highest BCUT2D eigenvalue weighted by atomic mass is 16.3. The van der Waals surface area contributed by atoms with E-state index in [9.17, 15) is 9.59 Å². The molecule has 0 aliphatic rings. The smallest absolute Gasteiger partial charge is 0.257 e. The number of rotatable bonds is 3. The molecule has 80 valence electrons. The van der Waals surface area contributed by atoms with E-state index in [1.54, 1.807) is 30.3 Å². The van der Waals surface area contributed by atoms with Gasteiger partial charge < -0.3 is 5.11 Å². The number of carbonyl (C=O) groups is 2. The molecule has 1 atom stereocenters. The Morgan fingerprint density at radius 1 is 1.33 bits per heavy atom. The molecule has 2 N–H and O–H groups in total. The van der Waals surface area contributed by atoms with Gasteiger partial charge in [0.25, 0.3) is 5.91 Å². The van der Waals surface area contributed by atoms with Crippen LogP contribution in [0.3, 0.4) is 0 Å². The Balaban J connectivity index is 2.53. The number of imide groups is 1. The van der Waals surface area contributed by atoms with Gasteiger partial charge in [0.15, 0.2) is 0 Å². The second-order valence-corrected chi connectivity index (χ2v) is 3.30. The van der Waals surface area contributed by atoms with Gasteiger partial charge in [0.2, 0.25) is 5.91 Å². The highest BCUT2D eigenvalue weighted by Crippen LogP contribution is 1.98. The van der Waals surface area contributed by atoms with Crippen LogP contribution in [0.1, 0.15) is 23.7 Å². The predicted octanol–water partition coefficient (Wildman–Crippen LogP) is 0.714. The summed E-state index contributed by atoms with van der Waals surface area (Å²) in [4.78, 5) is 22.6. The van der Waals surface area contributed by atoms with Crippen molar-refractivity contribution in [2.24, 2.45) is 0 Å². The van der Waals surface area contributed by atoms with Gasteiger partial charge in [-0.05, 0) is 19.1 Å². The summed E-state index contributed by atoms with van der Waals surface area (Å²) >= 11 is 0. The van der Waals surface area contributed by atoms with Gasteiger partial charge in [-0.15, -0.1) is 0 Å². The third kappa shape index (κ3) is 3.91. The van der Waals surface area contributed by atoms with E-state index in [1.165, 1.54) is 6.92 Å². The zero-order valence-corrected chi connectivity index (χ0v) is 8.43. The Morgan fingerprint density at radius 3 is 2.47 bits per heavy atom. The molecule has 0 fully saturated rings. The fourth-order valence-corrected chi connectivity index (χ4v) is 1.11. The standard InChI is InChI=1S/C11H13NO3/c1-8(13)7-10(14)12-11(15)9-5-3-2-4-6-9/h2-6,8,13H,7H2,1H3,(H,12,14,15)/t8-/m0/s1. The summed E-state index contributed by atoms with van der Waals surface area (Å²) in [5.74, 6) is -0.917. The molecule has 1 rings (SSSR count). The van der Waals surface area contributed by atoms with Gasteiger partial charge in [-0.25, -0.2) is 0 Å². The van der Waals surface area contributed by atoms with Crippen LogP contribution < -0.4 is 5.32 Å². The number of amides is 2. The zero-order valence-electron chi connectivity index (χ0n) is 8.43. The van der Waals surface area contributed by atoms with E-state index in [0.717, 1.165) is 0 Å². The largest absolute Gasteiger partial charge is 0.393 e. The van der Waals surface area contributed by atoms with Crippen LogP contribution in [0.15, 0.2) is 30.3 Å². The molecule has 0 saturated heterocycles. The van der Waals surface area contributed by atoms with Gasteiger partial charge >= 0.3 is 0 Å². The van der Waals surface area contributed by atoms with Crippen LogP contribution in [0, 0.1) is 0 Å². The van der Waals surface area contributed by atoms with Crippen molar-refractivity contribution in [1.82, 2.24) is 5.32 Å². The first-order valence-corrected chi connectivity index (χ1v) is 4.67. The van der Waals surface area contributed by atoms with Gasteiger partial charge in [-0.3, -0.25) is 14.9 Å². The molecular formula is C11H13NO3. The van der Waals surface area contributed by atoms with Gasteiger partial charge in [-0.1, -0.05) is 18.2 Å². The quantitative estimate of drug-likeness (QED) is 0.767. The maximum Gasteiger partial charge on any atom is 0.257 e. The number of hydrogen-bond acceptors (Lipinski definition) is 3. The monoisotopic (exact) mass is 207 g/mol. The third-order valence-corrected chi connectivity index (χ3v) is 1.77. The van der Waals surface area contributed by atoms with E-state index >= 15 is 0 Å². The molecule has 0 aliphatic heterocycles. The summed E-state index contributed by atoms with van der Waals surface area (Å²) in [5.41, 5.74) is 0.427. The fourth-order valence-electron chi connectivity index (χ4n) is 1.11. The minimum atomic E-state index is -0.742. The van der Waals surface area contributed by atoms with Gasteiger partial charge in [-0.2, -0.15) is 0 Å². The summed E-state index contributed by atoms with van der Waals surface area (Å²) in [6.07, 6.45) is -0.813. The molecule has 15 heavy (non-hydrogen) atoms. The highest BCUT2D eigenvalue weighted by Gasteiger charge is 2.11. The van der Waals surface area contributed by atoms with E-state index < -0.39 is 17.9 Å². The van der Waals surface area contributed by atoms with E-state index in [4.69, 9.17) is 5.11 Å². The molecule has 1 aromatic rings. The first-order valence-electron chi connectivity index (χ1n) is 4.67. The Hall–Kier alpha value is -1.68. The number of hydrogen-bond donors (Lipinski definition) is 2. The second kappa shape index (κ2) is 5.26. The maximum absolute atomic E-state index is 11.4. The van der Waals surface area contributed by atoms with E-state index in [-0.39, 0.29) is 6.42 Å². The van der Waals surface area contributed by atoms with Gasteiger partial charge in [0, 0.05) is 5.56 Å². The Morgan fingerprint density at radius 2 is 1.93 bits per heavy atom. The van der Waals surface area contributed by atoms with E-state index in [0.29, 0.717) is 5.56 Å². The Bertz CT molecular complexity index is 346. The lowest BCUT2D eigenvalue weighted by atomic mass is 10.2. The maximum atomic E-state index is 11.4. The van der Waals surface area contributed by atoms with Crippen LogP contribution in [0.2, 0.25) is 0 Å². The minimum Gasteiger partial charge on any atom is -0.393 e. The van der Waals surface area contributed by atoms with Crippen LogP contribution in [0.4, 0.5) is 0 Å². The fraction of sp³-hybridized carbons (Fsp3) is 0.273. The van der Waals surface area contributed by atoms with Crippen LogP contribution in [-0.4, -0.2) is 23.0 Å². The van der Waals surface area contributed by atoms with Gasteiger partial charge in [0.05, 0.1) is 12.5 Å². The molecular weight excluding hydrogens is 194 g/mol. The van der Waals surface area contributed by atoms with Crippen molar-refractivity contribution >= 4 is 11.8 Å². The Labute approximate surface area is 87.9 Å². The molecule has 0 saturated carbocycles. The highest BCUT2D eigenvalue weighted by molar-refractivity contribution is 6.04. The number of aliphatic hydroxyl groups excluding tert-OH is 1. The summed E-state index contributed by atoms with van der Waals surface area (Å²) in [6.45, 7) is 1.49. The molecule has 0 unspecified atom stereocenters. The normalized spacial score (nSPS) is 11.9. The number of benzene rings is 1. The van der Waals surface area contributed by atoms with Crippen LogP contribution in [0.5, 0.6) is 0 Å². The van der Waals surface area contributed by atoms with Crippen molar-refractivity contribution in [3.8, 4) is 0 Å². The molecule has 4 nitrogen and oxygen atoms in total. The van der Waals surface area contributed by atoms with Crippen molar-refractivity contribution < 1.29 is 14.7 Å². The number of nitrogens with one attached hydrogen (secondary N) is 1. The molecule has 0 heterocycles. The molecule has 4 heteroatoms. The zero-order chi connectivity index (χ0) is 11.3. The van der Waals surface area contributed by atoms with Crippen molar-refractivity contribution in [1.29, 1.82) is 0 Å². The molecule has 2 amide bonds. The average Bonchev–Trinajstić information content (AvgIpc) is 2.17. The SMILES string of the molecule is C[C@H](O)CC(=O)NC(=O)c1ccccc1. The summed E-state index contributed by atoms with van der Waals surface area (Å²) in [7, 11) is 0. The minimum absolute atomic E-state index is 0.0709. The molecule has 1 aromatic carbocycles. The molecule has 0 radical (unpaired) electrons. The molecule has 0 bridgehead atoms. The summed E-state index contributed by atoms with van der Waals surface area (Å²) in [5, 5.41) is 11.1. The first kappa shape index (κ1) is 11.4. The lowest BCUT2D eigenvalue weighted by Gasteiger charge is -2.05. The lowest BCUT2D eigenvalue weighted by molar-refractivity contribution is -0.121. The van der Waals surface area contributed by atoms with Crippen LogP contribution in [-0.2, 0) is 4.79 Å². The Kier molecular flexibility index (Phi) is 4.00. The number of carbonyl (C=O) groups excluding carboxylic acids is 2.